The molecule has 0 radical (unpaired) electrons. The quantitative estimate of drug-likeness (QED) is 0.166. The average Bonchev–Trinajstić information content (AvgIpc) is 2.92. The van der Waals surface area contributed by atoms with Gasteiger partial charge in [-0.2, -0.15) is 0 Å². The Bertz CT molecular complexity index is 1520. The van der Waals surface area contributed by atoms with Crippen molar-refractivity contribution < 1.29 is 69.3 Å². The number of phenolic OH excluding ortho intramolecular Hbond substituents is 4. The van der Waals surface area contributed by atoms with Crippen molar-refractivity contribution in [3.05, 3.63) is 40.6 Å². The lowest BCUT2D eigenvalue weighted by atomic mass is 9.97. The number of fused-ring (bicyclic) bond motifs is 1. The Morgan fingerprint density at radius 2 is 1.38 bits per heavy atom. The van der Waals surface area contributed by atoms with Gasteiger partial charge in [-0.1, -0.05) is 0 Å². The molecular formula is C27H30O15. The molecule has 2 fully saturated rings. The van der Waals surface area contributed by atoms with E-state index in [1.165, 1.54) is 13.8 Å². The highest BCUT2D eigenvalue weighted by Crippen LogP contribution is 2.42. The van der Waals surface area contributed by atoms with Crippen LogP contribution in [0.25, 0.3) is 22.3 Å². The molecule has 2 aliphatic heterocycles. The van der Waals surface area contributed by atoms with E-state index in [1.54, 1.807) is 0 Å². The summed E-state index contributed by atoms with van der Waals surface area (Å²) < 4.78 is 27.9. The third-order valence-corrected chi connectivity index (χ3v) is 7.25. The van der Waals surface area contributed by atoms with Crippen molar-refractivity contribution in [3.8, 4) is 40.1 Å². The van der Waals surface area contributed by atoms with Gasteiger partial charge in [-0.05, 0) is 26.0 Å². The Balaban J connectivity index is 1.38. The monoisotopic (exact) mass is 594 g/mol. The molecule has 0 saturated carbocycles. The van der Waals surface area contributed by atoms with Crippen molar-refractivity contribution in [1.82, 2.24) is 0 Å². The van der Waals surface area contributed by atoms with Gasteiger partial charge in [0.05, 0.1) is 12.2 Å². The molecule has 2 saturated heterocycles. The Morgan fingerprint density at radius 1 is 0.714 bits per heavy atom. The number of hydrogen-bond donors (Lipinski definition) is 9. The van der Waals surface area contributed by atoms with E-state index in [-0.39, 0.29) is 28.0 Å². The molecule has 2 aliphatic rings. The fourth-order valence-corrected chi connectivity index (χ4v) is 4.92. The van der Waals surface area contributed by atoms with E-state index >= 15 is 0 Å². The van der Waals surface area contributed by atoms with E-state index < -0.39 is 89.8 Å². The zero-order chi connectivity index (χ0) is 30.6. The molecule has 15 heteroatoms. The second kappa shape index (κ2) is 11.2. The highest BCUT2D eigenvalue weighted by Gasteiger charge is 2.49. The van der Waals surface area contributed by atoms with Crippen LogP contribution in [0.15, 0.2) is 39.5 Å². The fraction of sp³-hybridized carbons (Fsp3) is 0.444. The number of aliphatic hydroxyl groups is 5. The number of benzene rings is 2. The van der Waals surface area contributed by atoms with E-state index in [0.717, 1.165) is 30.3 Å². The zero-order valence-corrected chi connectivity index (χ0v) is 22.1. The van der Waals surface area contributed by atoms with Gasteiger partial charge in [0.25, 0.3) is 0 Å². The summed E-state index contributed by atoms with van der Waals surface area (Å²) in [4.78, 5) is 12.6. The summed E-state index contributed by atoms with van der Waals surface area (Å²) in [6.07, 6.45) is -14.5. The molecule has 15 nitrogen and oxygen atoms in total. The molecule has 5 rings (SSSR count). The maximum atomic E-state index is 12.6. The first-order chi connectivity index (χ1) is 19.8. The van der Waals surface area contributed by atoms with Crippen LogP contribution in [-0.4, -0.2) is 107 Å². The van der Waals surface area contributed by atoms with Gasteiger partial charge < -0.3 is 69.3 Å². The molecule has 0 amide bonds. The number of ether oxygens (including phenoxy) is 4. The topological polar surface area (TPSA) is 249 Å². The molecule has 0 aliphatic carbocycles. The van der Waals surface area contributed by atoms with Gasteiger partial charge in [0, 0.05) is 23.8 Å². The van der Waals surface area contributed by atoms with Gasteiger partial charge in [0.15, 0.2) is 23.2 Å². The first-order valence-electron chi connectivity index (χ1n) is 12.9. The van der Waals surface area contributed by atoms with Gasteiger partial charge in [-0.3, -0.25) is 4.79 Å². The van der Waals surface area contributed by atoms with Gasteiger partial charge >= 0.3 is 0 Å². The van der Waals surface area contributed by atoms with Crippen LogP contribution in [0.3, 0.4) is 0 Å². The number of hydrogen-bond acceptors (Lipinski definition) is 15. The molecule has 3 aromatic rings. The van der Waals surface area contributed by atoms with Gasteiger partial charge in [0.1, 0.15) is 64.9 Å². The number of aromatic hydroxyl groups is 4. The molecule has 2 aromatic carbocycles. The van der Waals surface area contributed by atoms with Crippen molar-refractivity contribution in [2.75, 3.05) is 0 Å². The predicted octanol–water partition coefficient (Wildman–Crippen LogP) is -0.660. The first-order valence-corrected chi connectivity index (χ1v) is 12.9. The average molecular weight is 595 g/mol. The Hall–Kier alpha value is -3.67. The van der Waals surface area contributed by atoms with Crippen molar-refractivity contribution in [2.45, 2.75) is 75.3 Å². The second-order valence-electron chi connectivity index (χ2n) is 10.2. The molecule has 10 atom stereocenters. The summed E-state index contributed by atoms with van der Waals surface area (Å²) >= 11 is 0. The number of phenols is 4. The molecule has 0 bridgehead atoms. The van der Waals surface area contributed by atoms with Gasteiger partial charge in [-0.15, -0.1) is 0 Å². The standard InChI is InChI=1S/C27H30O15/c1-8-19(32)21(34)23(36)27(38-8)42-25-9(2)39-26(24(37)22(25)35)41-17-4-10(3-14(31)20(17)33)15-7-13(30)18-12(29)5-11(28)6-16(18)40-15/h3-9,19,21-29,31-37H,1-2H3/t8-,9-,19-,21+,22-,23-,24-,25-,26-,27-/m0/s1. The fourth-order valence-electron chi connectivity index (χ4n) is 4.92. The molecule has 0 spiro atoms. The van der Waals surface area contributed by atoms with Gasteiger partial charge in [-0.25, -0.2) is 0 Å². The smallest absolute Gasteiger partial charge is 0.229 e. The number of aliphatic hydroxyl groups excluding tert-OH is 5. The Kier molecular flexibility index (Phi) is 7.95. The SMILES string of the molecule is C[C@@H]1O[C@@H](O[C@@H]2[C@@H](O)[C@H](O)[C@H](Oc3cc(-c4cc(=O)c5c(O)cc(O)cc5o4)cc(O)c3O)O[C@H]2C)[C@@H](O)[C@H](O)[C@H]1O. The number of rotatable bonds is 5. The summed E-state index contributed by atoms with van der Waals surface area (Å²) in [5, 5.41) is 92.1. The van der Waals surface area contributed by atoms with Crippen molar-refractivity contribution in [3.63, 3.8) is 0 Å². The summed E-state index contributed by atoms with van der Waals surface area (Å²) in [5.74, 6) is -2.93. The van der Waals surface area contributed by atoms with Crippen molar-refractivity contribution >= 4 is 11.0 Å². The van der Waals surface area contributed by atoms with Crippen LogP contribution in [-0.2, 0) is 14.2 Å². The first kappa shape index (κ1) is 29.8. The van der Waals surface area contributed by atoms with Crippen molar-refractivity contribution in [2.24, 2.45) is 0 Å². The second-order valence-corrected chi connectivity index (χ2v) is 10.2. The maximum absolute atomic E-state index is 12.6. The minimum absolute atomic E-state index is 0.0144. The Morgan fingerprint density at radius 3 is 2.10 bits per heavy atom. The van der Waals surface area contributed by atoms with E-state index in [1.807, 2.05) is 0 Å². The maximum Gasteiger partial charge on any atom is 0.229 e. The van der Waals surface area contributed by atoms with Crippen LogP contribution >= 0.6 is 0 Å². The summed E-state index contributed by atoms with van der Waals surface area (Å²) in [6.45, 7) is 2.89. The molecule has 228 valence electrons. The van der Waals surface area contributed by atoms with Crippen LogP contribution < -0.4 is 10.2 Å². The minimum atomic E-state index is -1.81. The highest BCUT2D eigenvalue weighted by atomic mass is 16.7. The molecular weight excluding hydrogens is 564 g/mol. The lowest BCUT2D eigenvalue weighted by Gasteiger charge is -2.45. The van der Waals surface area contributed by atoms with Gasteiger partial charge in [0.2, 0.25) is 12.0 Å². The summed E-state index contributed by atoms with van der Waals surface area (Å²) in [5.41, 5.74) is -0.820. The van der Waals surface area contributed by atoms with Crippen LogP contribution in [0, 0.1) is 0 Å². The highest BCUT2D eigenvalue weighted by molar-refractivity contribution is 5.86. The third-order valence-electron chi connectivity index (χ3n) is 7.25. The molecule has 1 aromatic heterocycles. The lowest BCUT2D eigenvalue weighted by Crippen LogP contribution is -2.63. The van der Waals surface area contributed by atoms with Crippen LogP contribution in [0.5, 0.6) is 28.7 Å². The largest absolute Gasteiger partial charge is 0.508 e. The van der Waals surface area contributed by atoms with E-state index in [4.69, 9.17) is 23.4 Å². The molecule has 3 heterocycles. The molecule has 9 N–H and O–H groups in total. The van der Waals surface area contributed by atoms with E-state index in [2.05, 4.69) is 0 Å². The predicted molar refractivity (Wildman–Crippen MR) is 139 cm³/mol. The lowest BCUT2D eigenvalue weighted by molar-refractivity contribution is -0.345. The Labute approximate surface area is 236 Å². The van der Waals surface area contributed by atoms with E-state index in [9.17, 15) is 50.8 Å². The van der Waals surface area contributed by atoms with Crippen molar-refractivity contribution in [1.29, 1.82) is 0 Å². The zero-order valence-electron chi connectivity index (χ0n) is 22.1. The van der Waals surface area contributed by atoms with Crippen LogP contribution in [0.1, 0.15) is 13.8 Å². The van der Waals surface area contributed by atoms with E-state index in [0.29, 0.717) is 0 Å². The molecule has 42 heavy (non-hydrogen) atoms. The third kappa shape index (κ3) is 5.32. The molecule has 0 unspecified atom stereocenters. The normalized spacial score (nSPS) is 33.5. The minimum Gasteiger partial charge on any atom is -0.508 e. The van der Waals surface area contributed by atoms with Crippen LogP contribution in [0.2, 0.25) is 0 Å². The summed E-state index contributed by atoms with van der Waals surface area (Å²) in [6, 6.07) is 5.28. The summed E-state index contributed by atoms with van der Waals surface area (Å²) in [7, 11) is 0. The van der Waals surface area contributed by atoms with Crippen LogP contribution in [0.4, 0.5) is 0 Å².